The summed E-state index contributed by atoms with van der Waals surface area (Å²) < 4.78 is 19.3. The van der Waals surface area contributed by atoms with Crippen LogP contribution in [0.4, 0.5) is 9.18 Å². The summed E-state index contributed by atoms with van der Waals surface area (Å²) in [5.41, 5.74) is 1.01. The lowest BCUT2D eigenvalue weighted by Crippen LogP contribution is -2.40. The summed E-state index contributed by atoms with van der Waals surface area (Å²) in [5, 5.41) is 9.49. The maximum Gasteiger partial charge on any atom is 0.407 e. The molecular weight excluding hydrogens is 347 g/mol. The predicted molar refractivity (Wildman–Crippen MR) is 99.2 cm³/mol. The van der Waals surface area contributed by atoms with E-state index in [0.717, 1.165) is 26.1 Å². The lowest BCUT2D eigenvalue weighted by molar-refractivity contribution is 0.0952. The van der Waals surface area contributed by atoms with E-state index in [9.17, 15) is 14.3 Å². The van der Waals surface area contributed by atoms with E-state index in [2.05, 4.69) is 17.0 Å². The molecule has 2 aromatic carbocycles. The fourth-order valence-corrected chi connectivity index (χ4v) is 4.28. The van der Waals surface area contributed by atoms with Crippen molar-refractivity contribution in [3.63, 3.8) is 0 Å². The number of likely N-dealkylation sites (tertiary alicyclic amines) is 2. The van der Waals surface area contributed by atoms with E-state index >= 15 is 0 Å². The zero-order chi connectivity index (χ0) is 18.9. The summed E-state index contributed by atoms with van der Waals surface area (Å²) in [7, 11) is 0. The van der Waals surface area contributed by atoms with E-state index < -0.39 is 6.09 Å². The molecule has 2 unspecified atom stereocenters. The highest BCUT2D eigenvalue weighted by molar-refractivity contribution is 5.65. The standard InChI is InChI=1S/C21H23FN2O3/c22-17-6-8-18(9-7-17)27-19-13-24(20(25)26)15-21(19)10-11-23(14-21)12-16-4-2-1-3-5-16/h1-9,19H,10-15H2,(H,25,26). The van der Waals surface area contributed by atoms with Gasteiger partial charge in [0.15, 0.2) is 0 Å². The normalized spacial score (nSPS) is 25.2. The molecule has 0 bridgehead atoms. The van der Waals surface area contributed by atoms with Crippen molar-refractivity contribution in [3.8, 4) is 5.75 Å². The summed E-state index contributed by atoms with van der Waals surface area (Å²) in [5.74, 6) is 0.264. The van der Waals surface area contributed by atoms with E-state index in [1.807, 2.05) is 18.2 Å². The molecular formula is C21H23FN2O3. The predicted octanol–water partition coefficient (Wildman–Crippen LogP) is 3.46. The summed E-state index contributed by atoms with van der Waals surface area (Å²) >= 11 is 0. The van der Waals surface area contributed by atoms with Gasteiger partial charge in [-0.3, -0.25) is 4.90 Å². The maximum atomic E-state index is 13.2. The van der Waals surface area contributed by atoms with Gasteiger partial charge in [-0.2, -0.15) is 0 Å². The average molecular weight is 370 g/mol. The number of nitrogens with zero attached hydrogens (tertiary/aromatic N) is 2. The Kier molecular flexibility index (Phi) is 4.74. The van der Waals surface area contributed by atoms with Crippen LogP contribution in [0.5, 0.6) is 5.75 Å². The first-order valence-electron chi connectivity index (χ1n) is 9.20. The van der Waals surface area contributed by atoms with Gasteiger partial charge >= 0.3 is 6.09 Å². The van der Waals surface area contributed by atoms with Gasteiger partial charge in [0.05, 0.1) is 6.54 Å². The molecule has 2 fully saturated rings. The molecule has 6 heteroatoms. The molecule has 142 valence electrons. The third kappa shape index (κ3) is 3.76. The minimum Gasteiger partial charge on any atom is -0.488 e. The molecule has 4 rings (SSSR count). The van der Waals surface area contributed by atoms with Crippen LogP contribution in [0.3, 0.4) is 0 Å². The maximum absolute atomic E-state index is 13.2. The van der Waals surface area contributed by atoms with Crippen LogP contribution in [0.1, 0.15) is 12.0 Å². The van der Waals surface area contributed by atoms with E-state index in [-0.39, 0.29) is 17.3 Å². The first-order chi connectivity index (χ1) is 13.0. The highest BCUT2D eigenvalue weighted by Gasteiger charge is 2.53. The highest BCUT2D eigenvalue weighted by atomic mass is 19.1. The molecule has 2 aliphatic heterocycles. The summed E-state index contributed by atoms with van der Waals surface area (Å²) in [6.07, 6.45) is -0.268. The van der Waals surface area contributed by atoms with Crippen molar-refractivity contribution in [2.45, 2.75) is 19.1 Å². The number of halogens is 1. The number of benzene rings is 2. The first-order valence-corrected chi connectivity index (χ1v) is 9.20. The fraction of sp³-hybridized carbons (Fsp3) is 0.381. The van der Waals surface area contributed by atoms with E-state index in [1.54, 1.807) is 12.1 Å². The van der Waals surface area contributed by atoms with Crippen LogP contribution in [0.15, 0.2) is 54.6 Å². The van der Waals surface area contributed by atoms with Crippen LogP contribution < -0.4 is 4.74 Å². The van der Waals surface area contributed by atoms with Gasteiger partial charge in [-0.15, -0.1) is 0 Å². The van der Waals surface area contributed by atoms with Crippen molar-refractivity contribution in [2.75, 3.05) is 26.2 Å². The van der Waals surface area contributed by atoms with Gasteiger partial charge in [0, 0.05) is 25.0 Å². The van der Waals surface area contributed by atoms with Gasteiger partial charge in [-0.25, -0.2) is 9.18 Å². The van der Waals surface area contributed by atoms with E-state index in [0.29, 0.717) is 18.8 Å². The first kappa shape index (κ1) is 17.8. The molecule has 0 saturated carbocycles. The summed E-state index contributed by atoms with van der Waals surface area (Å²) in [4.78, 5) is 15.4. The second kappa shape index (κ2) is 7.19. The smallest absolute Gasteiger partial charge is 0.407 e. The number of hydrogen-bond acceptors (Lipinski definition) is 3. The molecule has 27 heavy (non-hydrogen) atoms. The van der Waals surface area contributed by atoms with Crippen molar-refractivity contribution in [1.82, 2.24) is 9.80 Å². The number of carbonyl (C=O) groups is 1. The van der Waals surface area contributed by atoms with Gasteiger partial charge in [0.2, 0.25) is 0 Å². The van der Waals surface area contributed by atoms with E-state index in [4.69, 9.17) is 4.74 Å². The number of carboxylic acid groups (broad SMARTS) is 1. The van der Waals surface area contributed by atoms with Gasteiger partial charge in [-0.1, -0.05) is 30.3 Å². The van der Waals surface area contributed by atoms with Crippen LogP contribution in [0.25, 0.3) is 0 Å². The van der Waals surface area contributed by atoms with Crippen LogP contribution in [0, 0.1) is 11.2 Å². The summed E-state index contributed by atoms with van der Waals surface area (Å²) in [6.45, 7) is 3.35. The Bertz CT molecular complexity index is 799. The van der Waals surface area contributed by atoms with Gasteiger partial charge in [0.1, 0.15) is 17.7 Å². The molecule has 2 saturated heterocycles. The minimum atomic E-state index is -0.916. The fourth-order valence-electron chi connectivity index (χ4n) is 4.28. The molecule has 1 amide bonds. The van der Waals surface area contributed by atoms with Crippen molar-refractivity contribution in [1.29, 1.82) is 0 Å². The molecule has 1 N–H and O–H groups in total. The zero-order valence-corrected chi connectivity index (χ0v) is 15.1. The topological polar surface area (TPSA) is 53.0 Å². The molecule has 1 spiro atoms. The Morgan fingerprint density at radius 2 is 1.89 bits per heavy atom. The lowest BCUT2D eigenvalue weighted by Gasteiger charge is -2.30. The van der Waals surface area contributed by atoms with Crippen molar-refractivity contribution in [3.05, 3.63) is 66.0 Å². The Balaban J connectivity index is 1.51. The Morgan fingerprint density at radius 3 is 2.59 bits per heavy atom. The molecule has 2 atom stereocenters. The average Bonchev–Trinajstić information content (AvgIpc) is 3.22. The van der Waals surface area contributed by atoms with Crippen molar-refractivity contribution in [2.24, 2.45) is 5.41 Å². The lowest BCUT2D eigenvalue weighted by atomic mass is 9.84. The van der Waals surface area contributed by atoms with Crippen LogP contribution >= 0.6 is 0 Å². The summed E-state index contributed by atoms with van der Waals surface area (Å²) in [6, 6.07) is 16.2. The largest absolute Gasteiger partial charge is 0.488 e. The highest BCUT2D eigenvalue weighted by Crippen LogP contribution is 2.42. The Labute approximate surface area is 158 Å². The molecule has 2 aliphatic rings. The number of rotatable bonds is 4. The monoisotopic (exact) mass is 370 g/mol. The SMILES string of the molecule is O=C(O)N1CC(Oc2ccc(F)cc2)C2(CCN(Cc3ccccc3)C2)C1. The number of hydrogen-bond donors (Lipinski definition) is 1. The number of amides is 1. The molecule has 0 radical (unpaired) electrons. The molecule has 2 aromatic rings. The van der Waals surface area contributed by atoms with Crippen molar-refractivity contribution < 1.29 is 19.0 Å². The van der Waals surface area contributed by atoms with Crippen LogP contribution in [0.2, 0.25) is 0 Å². The second-order valence-electron chi connectivity index (χ2n) is 7.53. The van der Waals surface area contributed by atoms with Crippen LogP contribution in [-0.4, -0.2) is 53.3 Å². The van der Waals surface area contributed by atoms with E-state index in [1.165, 1.54) is 22.6 Å². The van der Waals surface area contributed by atoms with Gasteiger partial charge < -0.3 is 14.7 Å². The second-order valence-corrected chi connectivity index (χ2v) is 7.53. The molecule has 0 aromatic heterocycles. The Hall–Kier alpha value is -2.60. The van der Waals surface area contributed by atoms with Crippen LogP contribution in [-0.2, 0) is 6.54 Å². The minimum absolute atomic E-state index is 0.235. The molecule has 0 aliphatic carbocycles. The third-order valence-corrected chi connectivity index (χ3v) is 5.65. The van der Waals surface area contributed by atoms with Crippen molar-refractivity contribution >= 4 is 6.09 Å². The number of ether oxygens (including phenoxy) is 1. The molecule has 5 nitrogen and oxygen atoms in total. The third-order valence-electron chi connectivity index (χ3n) is 5.65. The zero-order valence-electron chi connectivity index (χ0n) is 15.1. The quantitative estimate of drug-likeness (QED) is 0.896. The Morgan fingerprint density at radius 1 is 1.15 bits per heavy atom. The van der Waals surface area contributed by atoms with Gasteiger partial charge in [-0.05, 0) is 42.8 Å². The van der Waals surface area contributed by atoms with Gasteiger partial charge in [0.25, 0.3) is 0 Å². The molecule has 2 heterocycles.